The molecule has 2 amide bonds. The third kappa shape index (κ3) is 5.34. The molecule has 1 aromatic carbocycles. The van der Waals surface area contributed by atoms with E-state index in [2.05, 4.69) is 0 Å². The van der Waals surface area contributed by atoms with Gasteiger partial charge in [-0.25, -0.2) is 9.18 Å². The van der Waals surface area contributed by atoms with Gasteiger partial charge in [-0.2, -0.15) is 0 Å². The first kappa shape index (κ1) is 19.0. The van der Waals surface area contributed by atoms with Crippen molar-refractivity contribution >= 4 is 12.0 Å². The Bertz CT molecular complexity index is 604. The van der Waals surface area contributed by atoms with E-state index in [1.165, 1.54) is 12.1 Å². The molecule has 1 aliphatic heterocycles. The second-order valence-corrected chi connectivity index (χ2v) is 7.19. The standard InChI is InChI=1S/C18H25FN2O4/c1-18(2,3)21(17(23)24)12-16(22)20-10-8-15(9-11-20)25-14-6-4-13(19)5-7-14/h4-7,15H,8-12H2,1-3H3,(H,23,24). The molecule has 0 saturated carbocycles. The molecule has 1 saturated heterocycles. The van der Waals surface area contributed by atoms with Gasteiger partial charge in [-0.1, -0.05) is 0 Å². The monoisotopic (exact) mass is 352 g/mol. The van der Waals surface area contributed by atoms with E-state index < -0.39 is 11.6 Å². The van der Waals surface area contributed by atoms with Crippen LogP contribution in [0.1, 0.15) is 33.6 Å². The second-order valence-electron chi connectivity index (χ2n) is 7.19. The SMILES string of the molecule is CC(C)(C)N(CC(=O)N1CCC(Oc2ccc(F)cc2)CC1)C(=O)O. The smallest absolute Gasteiger partial charge is 0.408 e. The molecule has 0 unspecified atom stereocenters. The molecule has 1 fully saturated rings. The van der Waals surface area contributed by atoms with Gasteiger partial charge in [-0.15, -0.1) is 0 Å². The molecule has 1 heterocycles. The third-order valence-electron chi connectivity index (χ3n) is 4.25. The van der Waals surface area contributed by atoms with Gasteiger partial charge in [0.2, 0.25) is 5.91 Å². The number of hydrogen-bond donors (Lipinski definition) is 1. The van der Waals surface area contributed by atoms with Crippen LogP contribution in [0.3, 0.4) is 0 Å². The number of carbonyl (C=O) groups excluding carboxylic acids is 1. The van der Waals surface area contributed by atoms with Crippen molar-refractivity contribution in [2.24, 2.45) is 0 Å². The summed E-state index contributed by atoms with van der Waals surface area (Å²) in [5, 5.41) is 9.29. The van der Waals surface area contributed by atoms with Gasteiger partial charge in [-0.05, 0) is 45.0 Å². The van der Waals surface area contributed by atoms with Gasteiger partial charge in [0.1, 0.15) is 24.2 Å². The minimum absolute atomic E-state index is 0.0345. The van der Waals surface area contributed by atoms with Gasteiger partial charge < -0.3 is 14.7 Å². The zero-order valence-electron chi connectivity index (χ0n) is 14.9. The van der Waals surface area contributed by atoms with E-state index in [4.69, 9.17) is 4.74 Å². The average Bonchev–Trinajstić information content (AvgIpc) is 2.54. The molecule has 7 heteroatoms. The fourth-order valence-corrected chi connectivity index (χ4v) is 2.76. The Kier molecular flexibility index (Phi) is 5.87. The van der Waals surface area contributed by atoms with E-state index in [-0.39, 0.29) is 24.4 Å². The van der Waals surface area contributed by atoms with Crippen molar-refractivity contribution in [2.45, 2.75) is 45.3 Å². The molecule has 25 heavy (non-hydrogen) atoms. The lowest BCUT2D eigenvalue weighted by Gasteiger charge is -2.36. The first-order valence-corrected chi connectivity index (χ1v) is 8.37. The maximum absolute atomic E-state index is 12.9. The molecule has 0 aliphatic carbocycles. The Morgan fingerprint density at radius 1 is 1.24 bits per heavy atom. The highest BCUT2D eigenvalue weighted by Gasteiger charge is 2.31. The Morgan fingerprint density at radius 3 is 2.28 bits per heavy atom. The van der Waals surface area contributed by atoms with Crippen molar-refractivity contribution < 1.29 is 23.8 Å². The minimum atomic E-state index is -1.10. The molecule has 0 radical (unpaired) electrons. The first-order chi connectivity index (χ1) is 11.7. The summed E-state index contributed by atoms with van der Waals surface area (Å²) >= 11 is 0. The Hall–Kier alpha value is -2.31. The zero-order valence-corrected chi connectivity index (χ0v) is 14.9. The van der Waals surface area contributed by atoms with Gasteiger partial charge in [0.05, 0.1) is 0 Å². The summed E-state index contributed by atoms with van der Waals surface area (Å²) in [6, 6.07) is 5.86. The zero-order chi connectivity index (χ0) is 18.6. The predicted molar refractivity (Wildman–Crippen MR) is 91.1 cm³/mol. The number of likely N-dealkylation sites (tertiary alicyclic amines) is 1. The van der Waals surface area contributed by atoms with Crippen LogP contribution < -0.4 is 4.74 Å². The summed E-state index contributed by atoms with van der Waals surface area (Å²) in [4.78, 5) is 26.6. The highest BCUT2D eigenvalue weighted by atomic mass is 19.1. The maximum Gasteiger partial charge on any atom is 0.408 e. The van der Waals surface area contributed by atoms with Crippen LogP contribution >= 0.6 is 0 Å². The van der Waals surface area contributed by atoms with Crippen LogP contribution in [-0.4, -0.2) is 58.2 Å². The van der Waals surface area contributed by atoms with Crippen molar-refractivity contribution in [3.63, 3.8) is 0 Å². The van der Waals surface area contributed by atoms with Crippen molar-refractivity contribution in [3.8, 4) is 5.75 Å². The molecule has 6 nitrogen and oxygen atoms in total. The van der Waals surface area contributed by atoms with Gasteiger partial charge in [0.15, 0.2) is 0 Å². The quantitative estimate of drug-likeness (QED) is 0.904. The van der Waals surface area contributed by atoms with E-state index in [1.807, 2.05) is 0 Å². The molecule has 2 rings (SSSR count). The second kappa shape index (κ2) is 7.72. The van der Waals surface area contributed by atoms with Crippen LogP contribution in [-0.2, 0) is 4.79 Å². The average molecular weight is 352 g/mol. The van der Waals surface area contributed by atoms with Crippen molar-refractivity contribution in [3.05, 3.63) is 30.1 Å². The first-order valence-electron chi connectivity index (χ1n) is 8.37. The van der Waals surface area contributed by atoms with Crippen LogP contribution in [0, 0.1) is 5.82 Å². The molecule has 1 N–H and O–H groups in total. The lowest BCUT2D eigenvalue weighted by Crippen LogP contribution is -2.52. The van der Waals surface area contributed by atoms with Crippen LogP contribution in [0.5, 0.6) is 5.75 Å². The van der Waals surface area contributed by atoms with E-state index in [9.17, 15) is 19.1 Å². The van der Waals surface area contributed by atoms with E-state index in [0.29, 0.717) is 31.7 Å². The Balaban J connectivity index is 1.85. The van der Waals surface area contributed by atoms with Crippen LogP contribution in [0.15, 0.2) is 24.3 Å². The van der Waals surface area contributed by atoms with Crippen LogP contribution in [0.4, 0.5) is 9.18 Å². The molecule has 0 aromatic heterocycles. The molecule has 1 aliphatic rings. The summed E-state index contributed by atoms with van der Waals surface area (Å²) in [6.45, 7) is 6.17. The highest BCUT2D eigenvalue weighted by Crippen LogP contribution is 2.20. The van der Waals surface area contributed by atoms with E-state index in [0.717, 1.165) is 4.90 Å². The number of piperidine rings is 1. The van der Waals surface area contributed by atoms with Crippen LogP contribution in [0.2, 0.25) is 0 Å². The number of ether oxygens (including phenoxy) is 1. The predicted octanol–water partition coefficient (Wildman–Crippen LogP) is 2.97. The number of halogens is 1. The number of nitrogens with zero attached hydrogens (tertiary/aromatic N) is 2. The number of carboxylic acid groups (broad SMARTS) is 1. The topological polar surface area (TPSA) is 70.1 Å². The molecule has 138 valence electrons. The van der Waals surface area contributed by atoms with Crippen molar-refractivity contribution in [1.29, 1.82) is 0 Å². The highest BCUT2D eigenvalue weighted by molar-refractivity contribution is 5.82. The summed E-state index contributed by atoms with van der Waals surface area (Å²) in [5.74, 6) is 0.100. The number of hydrogen-bond acceptors (Lipinski definition) is 3. The fourth-order valence-electron chi connectivity index (χ4n) is 2.76. The van der Waals surface area contributed by atoms with Crippen molar-refractivity contribution in [1.82, 2.24) is 9.80 Å². The molecule has 1 aromatic rings. The van der Waals surface area contributed by atoms with E-state index in [1.54, 1.807) is 37.8 Å². The largest absolute Gasteiger partial charge is 0.490 e. The molecule has 0 bridgehead atoms. The Labute approximate surface area is 147 Å². The molecule has 0 spiro atoms. The molecular weight excluding hydrogens is 327 g/mol. The lowest BCUT2D eigenvalue weighted by atomic mass is 10.1. The summed E-state index contributed by atoms with van der Waals surface area (Å²) in [5.41, 5.74) is -0.633. The fraction of sp³-hybridized carbons (Fsp3) is 0.556. The molecular formula is C18H25FN2O4. The van der Waals surface area contributed by atoms with Gasteiger partial charge in [-0.3, -0.25) is 9.69 Å². The summed E-state index contributed by atoms with van der Waals surface area (Å²) in [7, 11) is 0. The maximum atomic E-state index is 12.9. The van der Waals surface area contributed by atoms with Crippen LogP contribution in [0.25, 0.3) is 0 Å². The third-order valence-corrected chi connectivity index (χ3v) is 4.25. The Morgan fingerprint density at radius 2 is 1.80 bits per heavy atom. The number of amides is 2. The van der Waals surface area contributed by atoms with Gasteiger partial charge >= 0.3 is 6.09 Å². The normalized spacial score (nSPS) is 15.8. The van der Waals surface area contributed by atoms with Gasteiger partial charge in [0, 0.05) is 31.5 Å². The van der Waals surface area contributed by atoms with Gasteiger partial charge in [0.25, 0.3) is 0 Å². The number of benzene rings is 1. The van der Waals surface area contributed by atoms with Crippen molar-refractivity contribution in [2.75, 3.05) is 19.6 Å². The number of rotatable bonds is 4. The lowest BCUT2D eigenvalue weighted by molar-refractivity contribution is -0.134. The molecule has 0 atom stereocenters. The summed E-state index contributed by atoms with van der Waals surface area (Å²) < 4.78 is 18.7. The van der Waals surface area contributed by atoms with E-state index >= 15 is 0 Å². The minimum Gasteiger partial charge on any atom is -0.490 e. The summed E-state index contributed by atoms with van der Waals surface area (Å²) in [6.07, 6.45) is 0.181. The number of carbonyl (C=O) groups is 2.